The van der Waals surface area contributed by atoms with Gasteiger partial charge in [-0.15, -0.1) is 11.6 Å². The standard InChI is InChI=1S/C15H16ClN3O/c1-11-8-17-9-13(18-11)10-19(15(20)12(2)16)14-6-4-3-5-7-14/h3-9,12H,10H2,1-2H3. The summed E-state index contributed by atoms with van der Waals surface area (Å²) in [4.78, 5) is 22.4. The van der Waals surface area contributed by atoms with Crippen LogP contribution in [0.1, 0.15) is 18.3 Å². The number of rotatable bonds is 4. The van der Waals surface area contributed by atoms with Gasteiger partial charge >= 0.3 is 0 Å². The summed E-state index contributed by atoms with van der Waals surface area (Å²) in [7, 11) is 0. The molecule has 0 radical (unpaired) electrons. The maximum Gasteiger partial charge on any atom is 0.245 e. The molecule has 0 spiro atoms. The van der Waals surface area contributed by atoms with Gasteiger partial charge in [-0.3, -0.25) is 14.8 Å². The fourth-order valence-electron chi connectivity index (χ4n) is 1.87. The molecule has 1 heterocycles. The number of nitrogens with zero attached hydrogens (tertiary/aromatic N) is 3. The molecule has 0 saturated heterocycles. The van der Waals surface area contributed by atoms with E-state index in [0.29, 0.717) is 6.54 Å². The maximum absolute atomic E-state index is 12.3. The van der Waals surface area contributed by atoms with Crippen LogP contribution < -0.4 is 4.90 Å². The smallest absolute Gasteiger partial charge is 0.245 e. The quantitative estimate of drug-likeness (QED) is 0.813. The zero-order valence-electron chi connectivity index (χ0n) is 11.5. The van der Waals surface area contributed by atoms with Gasteiger partial charge < -0.3 is 4.90 Å². The zero-order chi connectivity index (χ0) is 14.5. The van der Waals surface area contributed by atoms with Gasteiger partial charge in [-0.2, -0.15) is 0 Å². The lowest BCUT2D eigenvalue weighted by Crippen LogP contribution is -2.35. The number of halogens is 1. The second kappa shape index (κ2) is 6.48. The number of aryl methyl sites for hydroxylation is 1. The van der Waals surface area contributed by atoms with Crippen molar-refractivity contribution >= 4 is 23.2 Å². The number of carbonyl (C=O) groups excluding carboxylic acids is 1. The number of para-hydroxylation sites is 1. The molecular formula is C15H16ClN3O. The van der Waals surface area contributed by atoms with Crippen molar-refractivity contribution in [3.8, 4) is 0 Å². The molecule has 2 aromatic rings. The fraction of sp³-hybridized carbons (Fsp3) is 0.267. The highest BCUT2D eigenvalue weighted by molar-refractivity contribution is 6.32. The Bertz CT molecular complexity index is 587. The van der Waals surface area contributed by atoms with Crippen molar-refractivity contribution in [1.82, 2.24) is 9.97 Å². The Morgan fingerprint density at radius 1 is 1.30 bits per heavy atom. The fourth-order valence-corrected chi connectivity index (χ4v) is 1.99. The van der Waals surface area contributed by atoms with Crippen molar-refractivity contribution in [2.45, 2.75) is 25.8 Å². The van der Waals surface area contributed by atoms with Crippen LogP contribution in [0.2, 0.25) is 0 Å². The summed E-state index contributed by atoms with van der Waals surface area (Å²) >= 11 is 5.94. The number of carbonyl (C=O) groups is 1. The average molecular weight is 290 g/mol. The monoisotopic (exact) mass is 289 g/mol. The van der Waals surface area contributed by atoms with Crippen molar-refractivity contribution in [3.63, 3.8) is 0 Å². The number of alkyl halides is 1. The third kappa shape index (κ3) is 3.54. The van der Waals surface area contributed by atoms with E-state index in [1.165, 1.54) is 0 Å². The van der Waals surface area contributed by atoms with E-state index in [9.17, 15) is 4.79 Å². The molecule has 0 aliphatic heterocycles. The van der Waals surface area contributed by atoms with E-state index in [4.69, 9.17) is 11.6 Å². The third-order valence-electron chi connectivity index (χ3n) is 2.80. The Morgan fingerprint density at radius 3 is 2.60 bits per heavy atom. The van der Waals surface area contributed by atoms with E-state index in [-0.39, 0.29) is 5.91 Å². The van der Waals surface area contributed by atoms with Crippen LogP contribution in [0, 0.1) is 6.92 Å². The molecule has 1 unspecified atom stereocenters. The molecule has 0 N–H and O–H groups in total. The SMILES string of the molecule is Cc1cncc(CN(C(=O)C(C)Cl)c2ccccc2)n1. The number of hydrogen-bond acceptors (Lipinski definition) is 3. The van der Waals surface area contributed by atoms with Gasteiger partial charge in [-0.1, -0.05) is 18.2 Å². The largest absolute Gasteiger partial charge is 0.305 e. The highest BCUT2D eigenvalue weighted by Gasteiger charge is 2.21. The van der Waals surface area contributed by atoms with Crippen molar-refractivity contribution < 1.29 is 4.79 Å². The molecule has 5 heteroatoms. The summed E-state index contributed by atoms with van der Waals surface area (Å²) in [6.45, 7) is 3.89. The van der Waals surface area contributed by atoms with Crippen LogP contribution >= 0.6 is 11.6 Å². The predicted molar refractivity (Wildman–Crippen MR) is 79.7 cm³/mol. The van der Waals surface area contributed by atoms with Crippen LogP contribution in [0.5, 0.6) is 0 Å². The lowest BCUT2D eigenvalue weighted by Gasteiger charge is -2.23. The molecule has 20 heavy (non-hydrogen) atoms. The Kier molecular flexibility index (Phi) is 4.69. The van der Waals surface area contributed by atoms with E-state index in [1.807, 2.05) is 37.3 Å². The average Bonchev–Trinajstić information content (AvgIpc) is 2.45. The van der Waals surface area contributed by atoms with E-state index in [2.05, 4.69) is 9.97 Å². The Hall–Kier alpha value is -1.94. The van der Waals surface area contributed by atoms with Gasteiger partial charge in [-0.05, 0) is 26.0 Å². The first kappa shape index (κ1) is 14.5. The molecule has 1 atom stereocenters. The van der Waals surface area contributed by atoms with Crippen molar-refractivity contribution in [1.29, 1.82) is 0 Å². The molecular weight excluding hydrogens is 274 g/mol. The minimum Gasteiger partial charge on any atom is -0.305 e. The molecule has 1 amide bonds. The van der Waals surface area contributed by atoms with Crippen LogP contribution in [0.4, 0.5) is 5.69 Å². The zero-order valence-corrected chi connectivity index (χ0v) is 12.2. The first-order valence-electron chi connectivity index (χ1n) is 6.36. The highest BCUT2D eigenvalue weighted by atomic mass is 35.5. The van der Waals surface area contributed by atoms with Gasteiger partial charge in [-0.25, -0.2) is 0 Å². The third-order valence-corrected chi connectivity index (χ3v) is 2.99. The Labute approximate surface area is 123 Å². The summed E-state index contributed by atoms with van der Waals surface area (Å²) < 4.78 is 0. The first-order valence-corrected chi connectivity index (χ1v) is 6.79. The number of anilines is 1. The van der Waals surface area contributed by atoms with Crippen LogP contribution in [0.3, 0.4) is 0 Å². The van der Waals surface area contributed by atoms with Crippen LogP contribution in [0.15, 0.2) is 42.7 Å². The van der Waals surface area contributed by atoms with E-state index >= 15 is 0 Å². The van der Waals surface area contributed by atoms with Gasteiger partial charge in [0, 0.05) is 11.9 Å². The van der Waals surface area contributed by atoms with Crippen LogP contribution in [-0.2, 0) is 11.3 Å². The lowest BCUT2D eigenvalue weighted by molar-refractivity contribution is -0.118. The Balaban J connectivity index is 2.30. The highest BCUT2D eigenvalue weighted by Crippen LogP contribution is 2.18. The topological polar surface area (TPSA) is 46.1 Å². The van der Waals surface area contributed by atoms with Gasteiger partial charge in [0.25, 0.3) is 0 Å². The maximum atomic E-state index is 12.3. The molecule has 1 aromatic carbocycles. The second-order valence-corrected chi connectivity index (χ2v) is 5.18. The summed E-state index contributed by atoms with van der Waals surface area (Å²) in [6, 6.07) is 9.43. The number of amides is 1. The summed E-state index contributed by atoms with van der Waals surface area (Å²) in [5, 5.41) is -0.590. The molecule has 0 saturated carbocycles. The van der Waals surface area contributed by atoms with Crippen molar-refractivity contribution in [3.05, 3.63) is 54.1 Å². The number of aromatic nitrogens is 2. The molecule has 0 aliphatic carbocycles. The number of hydrogen-bond donors (Lipinski definition) is 0. The van der Waals surface area contributed by atoms with E-state index in [0.717, 1.165) is 17.1 Å². The van der Waals surface area contributed by atoms with Gasteiger partial charge in [0.2, 0.25) is 5.91 Å². The molecule has 104 valence electrons. The first-order chi connectivity index (χ1) is 9.58. The molecule has 0 bridgehead atoms. The summed E-state index contributed by atoms with van der Waals surface area (Å²) in [5.41, 5.74) is 2.36. The lowest BCUT2D eigenvalue weighted by atomic mass is 10.2. The van der Waals surface area contributed by atoms with Gasteiger partial charge in [0.15, 0.2) is 0 Å². The molecule has 0 aliphatic rings. The molecule has 4 nitrogen and oxygen atoms in total. The van der Waals surface area contributed by atoms with E-state index in [1.54, 1.807) is 24.2 Å². The van der Waals surface area contributed by atoms with Crippen LogP contribution in [-0.4, -0.2) is 21.3 Å². The van der Waals surface area contributed by atoms with Crippen LogP contribution in [0.25, 0.3) is 0 Å². The second-order valence-electron chi connectivity index (χ2n) is 4.53. The van der Waals surface area contributed by atoms with Gasteiger partial charge in [0.05, 0.1) is 24.1 Å². The minimum atomic E-state index is -0.590. The number of benzene rings is 1. The van der Waals surface area contributed by atoms with E-state index < -0.39 is 5.38 Å². The predicted octanol–water partition coefficient (Wildman–Crippen LogP) is 2.95. The minimum absolute atomic E-state index is 0.152. The molecule has 1 aromatic heterocycles. The summed E-state index contributed by atoms with van der Waals surface area (Å²) in [6.07, 6.45) is 3.34. The summed E-state index contributed by atoms with van der Waals surface area (Å²) in [5.74, 6) is -0.152. The Morgan fingerprint density at radius 2 is 2.00 bits per heavy atom. The van der Waals surface area contributed by atoms with Crippen molar-refractivity contribution in [2.24, 2.45) is 0 Å². The molecule has 2 rings (SSSR count). The van der Waals surface area contributed by atoms with Crippen molar-refractivity contribution in [2.75, 3.05) is 4.90 Å². The molecule has 0 fully saturated rings. The van der Waals surface area contributed by atoms with Gasteiger partial charge in [0.1, 0.15) is 5.38 Å². The normalized spacial score (nSPS) is 11.9.